The number of hydrogen-bond donors (Lipinski definition) is 1. The van der Waals surface area contributed by atoms with Gasteiger partial charge in [-0.2, -0.15) is 0 Å². The Balaban J connectivity index is 1.59. The number of likely N-dealkylation sites (tertiary alicyclic amines) is 1. The molecule has 0 aromatic heterocycles. The van der Waals surface area contributed by atoms with Crippen LogP contribution >= 0.6 is 0 Å². The fraction of sp³-hybridized carbons (Fsp3) is 0.654. The minimum absolute atomic E-state index is 0.0532. The molecule has 1 aromatic carbocycles. The van der Waals surface area contributed by atoms with E-state index in [9.17, 15) is 9.59 Å². The summed E-state index contributed by atoms with van der Waals surface area (Å²) in [6.45, 7) is 11.7. The molecule has 32 heavy (non-hydrogen) atoms. The largest absolute Gasteiger partial charge is 0.459 e. The Kier molecular flexibility index (Phi) is 6.19. The van der Waals surface area contributed by atoms with E-state index < -0.39 is 17.1 Å². The molecule has 1 amide bonds. The summed E-state index contributed by atoms with van der Waals surface area (Å²) in [4.78, 5) is 33.4. The zero-order valence-electron chi connectivity index (χ0n) is 20.0. The van der Waals surface area contributed by atoms with Crippen LogP contribution in [0.4, 0.5) is 0 Å². The highest BCUT2D eigenvalue weighted by molar-refractivity contribution is 5.94. The first-order chi connectivity index (χ1) is 15.1. The normalized spacial score (nSPS) is 31.2. The molecule has 6 heteroatoms. The summed E-state index contributed by atoms with van der Waals surface area (Å²) < 4.78 is 5.39. The molecule has 5 unspecified atom stereocenters. The lowest BCUT2D eigenvalue weighted by Crippen LogP contribution is -2.66. The van der Waals surface area contributed by atoms with Crippen molar-refractivity contribution in [3.8, 4) is 0 Å². The van der Waals surface area contributed by atoms with Gasteiger partial charge in [-0.3, -0.25) is 19.5 Å². The quantitative estimate of drug-likeness (QED) is 0.663. The van der Waals surface area contributed by atoms with E-state index >= 15 is 0 Å². The maximum atomic E-state index is 13.7. The average Bonchev–Trinajstić information content (AvgIpc) is 2.96. The Morgan fingerprint density at radius 1 is 1.25 bits per heavy atom. The molecule has 1 aromatic rings. The highest BCUT2D eigenvalue weighted by Crippen LogP contribution is 2.54. The van der Waals surface area contributed by atoms with Crippen molar-refractivity contribution in [1.29, 1.82) is 0 Å². The first-order valence-corrected chi connectivity index (χ1v) is 11.9. The van der Waals surface area contributed by atoms with E-state index in [0.717, 1.165) is 25.9 Å². The molecule has 6 nitrogen and oxygen atoms in total. The molecule has 0 spiro atoms. The van der Waals surface area contributed by atoms with Crippen molar-refractivity contribution in [3.05, 3.63) is 35.9 Å². The first kappa shape index (κ1) is 23.0. The van der Waals surface area contributed by atoms with Crippen LogP contribution < -0.4 is 5.32 Å². The molecule has 3 heterocycles. The molecule has 1 saturated heterocycles. The zero-order valence-corrected chi connectivity index (χ0v) is 20.0. The molecule has 1 aliphatic carbocycles. The number of benzene rings is 1. The fourth-order valence-electron chi connectivity index (χ4n) is 6.07. The van der Waals surface area contributed by atoms with Crippen LogP contribution in [0.2, 0.25) is 0 Å². The van der Waals surface area contributed by atoms with Gasteiger partial charge in [0.05, 0.1) is 0 Å². The molecule has 3 aliphatic heterocycles. The van der Waals surface area contributed by atoms with Crippen molar-refractivity contribution in [1.82, 2.24) is 10.2 Å². The first-order valence-electron chi connectivity index (χ1n) is 11.9. The van der Waals surface area contributed by atoms with Crippen LogP contribution in [0.5, 0.6) is 0 Å². The number of amides is 1. The number of nitrogens with one attached hydrogen (secondary N) is 1. The van der Waals surface area contributed by atoms with Crippen molar-refractivity contribution in [2.75, 3.05) is 19.6 Å². The minimum atomic E-state index is -0.814. The number of aliphatic imine (C=N–C) groups is 1. The molecule has 5 rings (SSSR count). The second-order valence-corrected chi connectivity index (χ2v) is 11.1. The molecular weight excluding hydrogens is 402 g/mol. The number of rotatable bonds is 7. The minimum Gasteiger partial charge on any atom is -0.459 e. The van der Waals surface area contributed by atoms with E-state index in [2.05, 4.69) is 48.3 Å². The number of carbonyl (C=O) groups excluding carboxylic acids is 2. The van der Waals surface area contributed by atoms with Gasteiger partial charge in [0.15, 0.2) is 5.54 Å². The van der Waals surface area contributed by atoms with E-state index in [-0.39, 0.29) is 24.4 Å². The van der Waals surface area contributed by atoms with E-state index in [1.54, 1.807) is 0 Å². The monoisotopic (exact) mass is 439 g/mol. The van der Waals surface area contributed by atoms with Gasteiger partial charge in [0.25, 0.3) is 0 Å². The van der Waals surface area contributed by atoms with Crippen LogP contribution in [-0.4, -0.2) is 59.8 Å². The highest BCUT2D eigenvalue weighted by atomic mass is 16.6. The lowest BCUT2D eigenvalue weighted by Gasteiger charge is -2.51. The molecule has 1 N–H and O–H groups in total. The van der Waals surface area contributed by atoms with Gasteiger partial charge in [-0.15, -0.1) is 0 Å². The van der Waals surface area contributed by atoms with Crippen molar-refractivity contribution in [2.45, 2.75) is 64.6 Å². The predicted octanol–water partition coefficient (Wildman–Crippen LogP) is 3.10. The summed E-state index contributed by atoms with van der Waals surface area (Å²) in [6.07, 6.45) is 3.95. The summed E-state index contributed by atoms with van der Waals surface area (Å²) in [6, 6.07) is 10.6. The molecule has 4 bridgehead atoms. The van der Waals surface area contributed by atoms with E-state index in [1.165, 1.54) is 5.56 Å². The van der Waals surface area contributed by atoms with Crippen molar-refractivity contribution in [3.63, 3.8) is 0 Å². The molecule has 2 fully saturated rings. The maximum absolute atomic E-state index is 13.7. The van der Waals surface area contributed by atoms with Gasteiger partial charge < -0.3 is 10.1 Å². The summed E-state index contributed by atoms with van der Waals surface area (Å²) in [5.74, 6) is 0.880. The standard InChI is InChI=1S/C26H37N3O3/c1-17(2)15-29-16-20-12-19-13-28-26(20,24(31)27-14-22(30)32-25(3,4)5)23(29)21(19)11-18-9-7-6-8-10-18/h6-10,13,17,19-21,23H,11-12,14-16H2,1-5H3,(H,27,31). The number of nitrogens with zero attached hydrogens (tertiary/aromatic N) is 2. The number of esters is 1. The fourth-order valence-corrected chi connectivity index (χ4v) is 6.07. The Bertz CT molecular complexity index is 876. The third kappa shape index (κ3) is 4.34. The van der Waals surface area contributed by atoms with Crippen molar-refractivity contribution >= 4 is 18.1 Å². The maximum Gasteiger partial charge on any atom is 0.325 e. The second kappa shape index (κ2) is 8.62. The second-order valence-electron chi connectivity index (χ2n) is 11.1. The third-order valence-corrected chi connectivity index (χ3v) is 7.00. The molecule has 4 aliphatic rings. The van der Waals surface area contributed by atoms with Gasteiger partial charge in [-0.05, 0) is 56.9 Å². The molecular formula is C26H37N3O3. The number of ether oxygens (including phenoxy) is 1. The summed E-state index contributed by atoms with van der Waals surface area (Å²) >= 11 is 0. The summed E-state index contributed by atoms with van der Waals surface area (Å²) in [5, 5.41) is 2.90. The van der Waals surface area contributed by atoms with Crippen LogP contribution in [0.25, 0.3) is 0 Å². The highest BCUT2D eigenvalue weighted by Gasteiger charge is 2.67. The van der Waals surface area contributed by atoms with Gasteiger partial charge >= 0.3 is 5.97 Å². The van der Waals surface area contributed by atoms with Gasteiger partial charge in [-0.1, -0.05) is 44.2 Å². The lowest BCUT2D eigenvalue weighted by atomic mass is 9.59. The topological polar surface area (TPSA) is 71.0 Å². The number of hydrogen-bond acceptors (Lipinski definition) is 5. The Morgan fingerprint density at radius 2 is 1.97 bits per heavy atom. The Labute approximate surface area is 191 Å². The van der Waals surface area contributed by atoms with Gasteiger partial charge in [-0.25, -0.2) is 0 Å². The van der Waals surface area contributed by atoms with E-state index in [4.69, 9.17) is 9.73 Å². The van der Waals surface area contributed by atoms with Crippen LogP contribution in [0.1, 0.15) is 46.6 Å². The summed E-state index contributed by atoms with van der Waals surface area (Å²) in [5.41, 5.74) is -0.0872. The molecule has 174 valence electrons. The van der Waals surface area contributed by atoms with Crippen molar-refractivity contribution in [2.24, 2.45) is 28.7 Å². The Hall–Kier alpha value is -2.21. The van der Waals surface area contributed by atoms with Crippen LogP contribution in [0.15, 0.2) is 35.3 Å². The van der Waals surface area contributed by atoms with Gasteiger partial charge in [0, 0.05) is 31.3 Å². The third-order valence-electron chi connectivity index (χ3n) is 7.00. The molecule has 5 atom stereocenters. The zero-order chi connectivity index (χ0) is 23.1. The van der Waals surface area contributed by atoms with Crippen molar-refractivity contribution < 1.29 is 14.3 Å². The molecule has 1 saturated carbocycles. The van der Waals surface area contributed by atoms with Crippen LogP contribution in [-0.2, 0) is 20.7 Å². The lowest BCUT2D eigenvalue weighted by molar-refractivity contribution is -0.155. The SMILES string of the molecule is CC(C)CN1CC2CC3C=NC2(C(=O)NCC(=O)OC(C)(C)C)C1C3Cc1ccccc1. The van der Waals surface area contributed by atoms with Gasteiger partial charge in [0.1, 0.15) is 12.1 Å². The van der Waals surface area contributed by atoms with E-state index in [0.29, 0.717) is 17.8 Å². The van der Waals surface area contributed by atoms with Crippen LogP contribution in [0.3, 0.4) is 0 Å². The summed E-state index contributed by atoms with van der Waals surface area (Å²) in [7, 11) is 0. The number of carbonyl (C=O) groups is 2. The van der Waals surface area contributed by atoms with Crippen LogP contribution in [0, 0.1) is 23.7 Å². The van der Waals surface area contributed by atoms with Gasteiger partial charge in [0.2, 0.25) is 5.91 Å². The Morgan fingerprint density at radius 3 is 2.62 bits per heavy atom. The van der Waals surface area contributed by atoms with E-state index in [1.807, 2.05) is 33.1 Å². The molecule has 0 radical (unpaired) electrons. The smallest absolute Gasteiger partial charge is 0.325 e. The predicted molar refractivity (Wildman–Crippen MR) is 126 cm³/mol. The average molecular weight is 440 g/mol.